The lowest BCUT2D eigenvalue weighted by molar-refractivity contribution is -0.139. The number of para-hydroxylation sites is 1. The molecule has 29 heavy (non-hydrogen) atoms. The van der Waals surface area contributed by atoms with E-state index in [0.29, 0.717) is 34.5 Å². The van der Waals surface area contributed by atoms with Crippen LogP contribution in [0.1, 0.15) is 46.5 Å². The molecule has 0 saturated heterocycles. The SMILES string of the molecule is COc1ccccc1C(=O)Nc1ccc(C(=O)NC(CC(C)C)C(=O)O)cc1C. The minimum absolute atomic E-state index is 0.130. The number of hydrogen-bond donors (Lipinski definition) is 3. The highest BCUT2D eigenvalue weighted by molar-refractivity contribution is 6.07. The molecular weight excluding hydrogens is 372 g/mol. The molecule has 0 bridgehead atoms. The van der Waals surface area contributed by atoms with Gasteiger partial charge in [-0.3, -0.25) is 9.59 Å². The van der Waals surface area contributed by atoms with Gasteiger partial charge in [0, 0.05) is 11.3 Å². The van der Waals surface area contributed by atoms with Gasteiger partial charge in [-0.25, -0.2) is 4.79 Å². The van der Waals surface area contributed by atoms with Crippen molar-refractivity contribution in [1.29, 1.82) is 0 Å². The molecule has 0 radical (unpaired) electrons. The number of methoxy groups -OCH3 is 1. The molecule has 2 amide bonds. The Morgan fingerprint density at radius 1 is 1.07 bits per heavy atom. The summed E-state index contributed by atoms with van der Waals surface area (Å²) in [4.78, 5) is 36.4. The number of carboxylic acid groups (broad SMARTS) is 1. The molecule has 3 N–H and O–H groups in total. The fraction of sp³-hybridized carbons (Fsp3) is 0.318. The van der Waals surface area contributed by atoms with Crippen molar-refractivity contribution in [1.82, 2.24) is 5.32 Å². The standard InChI is InChI=1S/C22H26N2O5/c1-13(2)11-18(22(27)28)24-20(25)15-9-10-17(14(3)12-15)23-21(26)16-7-5-6-8-19(16)29-4/h5-10,12-13,18H,11H2,1-4H3,(H,23,26)(H,24,25)(H,27,28). The first-order valence-electron chi connectivity index (χ1n) is 9.31. The molecule has 0 fully saturated rings. The van der Waals surface area contributed by atoms with Gasteiger partial charge in [-0.1, -0.05) is 26.0 Å². The number of anilines is 1. The second-order valence-electron chi connectivity index (χ2n) is 7.18. The highest BCUT2D eigenvalue weighted by Gasteiger charge is 2.22. The van der Waals surface area contributed by atoms with Gasteiger partial charge in [0.2, 0.25) is 0 Å². The highest BCUT2D eigenvalue weighted by atomic mass is 16.5. The van der Waals surface area contributed by atoms with Gasteiger partial charge < -0.3 is 20.5 Å². The topological polar surface area (TPSA) is 105 Å². The maximum Gasteiger partial charge on any atom is 0.326 e. The zero-order valence-electron chi connectivity index (χ0n) is 17.0. The van der Waals surface area contributed by atoms with E-state index in [1.807, 2.05) is 13.8 Å². The molecule has 0 aliphatic carbocycles. The molecule has 7 heteroatoms. The van der Waals surface area contributed by atoms with Crippen LogP contribution in [0.2, 0.25) is 0 Å². The summed E-state index contributed by atoms with van der Waals surface area (Å²) in [5, 5.41) is 14.7. The maximum atomic E-state index is 12.6. The van der Waals surface area contributed by atoms with E-state index in [1.54, 1.807) is 49.4 Å². The Hall–Kier alpha value is -3.35. The van der Waals surface area contributed by atoms with E-state index >= 15 is 0 Å². The normalized spacial score (nSPS) is 11.6. The Morgan fingerprint density at radius 2 is 1.76 bits per heavy atom. The summed E-state index contributed by atoms with van der Waals surface area (Å²) in [6.07, 6.45) is 0.340. The third-order valence-electron chi connectivity index (χ3n) is 4.40. The zero-order valence-corrected chi connectivity index (χ0v) is 17.0. The smallest absolute Gasteiger partial charge is 0.326 e. The summed E-state index contributed by atoms with van der Waals surface area (Å²) in [5.41, 5.74) is 1.95. The number of aliphatic carboxylic acids is 1. The molecule has 7 nitrogen and oxygen atoms in total. The molecule has 1 atom stereocenters. The lowest BCUT2D eigenvalue weighted by Gasteiger charge is -2.17. The van der Waals surface area contributed by atoms with Crippen LogP contribution in [0.25, 0.3) is 0 Å². The molecule has 0 aromatic heterocycles. The van der Waals surface area contributed by atoms with Crippen LogP contribution < -0.4 is 15.4 Å². The van der Waals surface area contributed by atoms with E-state index in [-0.39, 0.29) is 11.8 Å². The summed E-state index contributed by atoms with van der Waals surface area (Å²) in [7, 11) is 1.49. The summed E-state index contributed by atoms with van der Waals surface area (Å²) < 4.78 is 5.21. The van der Waals surface area contributed by atoms with Gasteiger partial charge in [-0.2, -0.15) is 0 Å². The van der Waals surface area contributed by atoms with E-state index in [2.05, 4.69) is 10.6 Å². The Balaban J connectivity index is 2.14. The van der Waals surface area contributed by atoms with Crippen LogP contribution in [0, 0.1) is 12.8 Å². The number of rotatable bonds is 8. The zero-order chi connectivity index (χ0) is 21.6. The summed E-state index contributed by atoms with van der Waals surface area (Å²) >= 11 is 0. The van der Waals surface area contributed by atoms with Crippen LogP contribution in [-0.4, -0.2) is 36.0 Å². The van der Waals surface area contributed by atoms with Crippen molar-refractivity contribution < 1.29 is 24.2 Å². The van der Waals surface area contributed by atoms with Gasteiger partial charge in [-0.05, 0) is 55.2 Å². The fourth-order valence-corrected chi connectivity index (χ4v) is 2.90. The molecule has 2 aromatic rings. The number of carbonyl (C=O) groups is 3. The van der Waals surface area contributed by atoms with Gasteiger partial charge in [0.1, 0.15) is 11.8 Å². The monoisotopic (exact) mass is 398 g/mol. The van der Waals surface area contributed by atoms with Gasteiger partial charge in [0.25, 0.3) is 11.8 Å². The number of nitrogens with one attached hydrogen (secondary N) is 2. The van der Waals surface area contributed by atoms with Crippen molar-refractivity contribution in [2.75, 3.05) is 12.4 Å². The number of benzene rings is 2. The Morgan fingerprint density at radius 3 is 2.34 bits per heavy atom. The van der Waals surface area contributed by atoms with E-state index in [9.17, 15) is 19.5 Å². The Kier molecular flexibility index (Phi) is 7.36. The van der Waals surface area contributed by atoms with E-state index in [4.69, 9.17) is 4.74 Å². The average molecular weight is 398 g/mol. The first-order chi connectivity index (χ1) is 13.7. The number of aryl methyl sites for hydroxylation is 1. The molecule has 0 heterocycles. The molecule has 0 aliphatic rings. The lowest BCUT2D eigenvalue weighted by Crippen LogP contribution is -2.41. The molecule has 1 unspecified atom stereocenters. The van der Waals surface area contributed by atoms with Crippen LogP contribution in [0.3, 0.4) is 0 Å². The summed E-state index contributed by atoms with van der Waals surface area (Å²) in [6.45, 7) is 5.55. The van der Waals surface area contributed by atoms with Crippen LogP contribution in [0.5, 0.6) is 5.75 Å². The van der Waals surface area contributed by atoms with Crippen molar-refractivity contribution in [3.8, 4) is 5.75 Å². The minimum atomic E-state index is -1.07. The molecule has 154 valence electrons. The maximum absolute atomic E-state index is 12.6. The van der Waals surface area contributed by atoms with Gasteiger partial charge in [0.15, 0.2) is 0 Å². The molecule has 0 saturated carbocycles. The number of hydrogen-bond acceptors (Lipinski definition) is 4. The summed E-state index contributed by atoms with van der Waals surface area (Å²) in [5.74, 6) is -1.27. The average Bonchev–Trinajstić information content (AvgIpc) is 2.68. The molecule has 0 aliphatic heterocycles. The largest absolute Gasteiger partial charge is 0.496 e. The molecule has 2 aromatic carbocycles. The number of amides is 2. The van der Waals surface area contributed by atoms with Crippen molar-refractivity contribution in [2.45, 2.75) is 33.2 Å². The van der Waals surface area contributed by atoms with Crippen LogP contribution >= 0.6 is 0 Å². The van der Waals surface area contributed by atoms with Crippen LogP contribution in [0.15, 0.2) is 42.5 Å². The first-order valence-corrected chi connectivity index (χ1v) is 9.31. The van der Waals surface area contributed by atoms with Crippen molar-refractivity contribution >= 4 is 23.5 Å². The third kappa shape index (κ3) is 5.81. The van der Waals surface area contributed by atoms with Crippen molar-refractivity contribution in [2.24, 2.45) is 5.92 Å². The second-order valence-corrected chi connectivity index (χ2v) is 7.18. The van der Waals surface area contributed by atoms with Crippen molar-refractivity contribution in [3.05, 3.63) is 59.2 Å². The van der Waals surface area contributed by atoms with Crippen molar-refractivity contribution in [3.63, 3.8) is 0 Å². The van der Waals surface area contributed by atoms with E-state index in [0.717, 1.165) is 0 Å². The van der Waals surface area contributed by atoms with Gasteiger partial charge >= 0.3 is 5.97 Å². The molecule has 2 rings (SSSR count). The third-order valence-corrected chi connectivity index (χ3v) is 4.40. The summed E-state index contributed by atoms with van der Waals surface area (Å²) in [6, 6.07) is 10.7. The first kappa shape index (κ1) is 21.9. The lowest BCUT2D eigenvalue weighted by atomic mass is 10.0. The van der Waals surface area contributed by atoms with Gasteiger partial charge in [-0.15, -0.1) is 0 Å². The predicted octanol–water partition coefficient (Wildman–Crippen LogP) is 3.49. The number of ether oxygens (including phenoxy) is 1. The predicted molar refractivity (Wildman–Crippen MR) is 110 cm³/mol. The number of carbonyl (C=O) groups excluding carboxylic acids is 2. The Bertz CT molecular complexity index is 908. The second kappa shape index (κ2) is 9.73. The minimum Gasteiger partial charge on any atom is -0.496 e. The van der Waals surface area contributed by atoms with E-state index < -0.39 is 17.9 Å². The van der Waals surface area contributed by atoms with Crippen LogP contribution in [0.4, 0.5) is 5.69 Å². The fourth-order valence-electron chi connectivity index (χ4n) is 2.90. The molecular formula is C22H26N2O5. The highest BCUT2D eigenvalue weighted by Crippen LogP contribution is 2.22. The molecule has 0 spiro atoms. The Labute approximate surface area is 170 Å². The van der Waals surface area contributed by atoms with E-state index in [1.165, 1.54) is 7.11 Å². The quantitative estimate of drug-likeness (QED) is 0.631. The van der Waals surface area contributed by atoms with Crippen LogP contribution in [-0.2, 0) is 4.79 Å². The van der Waals surface area contributed by atoms with Gasteiger partial charge in [0.05, 0.1) is 12.7 Å². The number of carboxylic acids is 1.